The highest BCUT2D eigenvalue weighted by Crippen LogP contribution is 2.16. The van der Waals surface area contributed by atoms with E-state index in [2.05, 4.69) is 35.4 Å². The second-order valence-corrected chi connectivity index (χ2v) is 5.30. The second kappa shape index (κ2) is 6.34. The zero-order valence-electron chi connectivity index (χ0n) is 11.9. The van der Waals surface area contributed by atoms with Crippen LogP contribution < -0.4 is 5.32 Å². The van der Waals surface area contributed by atoms with Crippen LogP contribution >= 0.6 is 0 Å². The van der Waals surface area contributed by atoms with Gasteiger partial charge in [-0.15, -0.1) is 0 Å². The van der Waals surface area contributed by atoms with Gasteiger partial charge in [-0.05, 0) is 25.8 Å². The van der Waals surface area contributed by atoms with E-state index in [1.807, 2.05) is 11.7 Å². The van der Waals surface area contributed by atoms with Crippen molar-refractivity contribution in [3.05, 3.63) is 17.5 Å². The van der Waals surface area contributed by atoms with Crippen LogP contribution in [0.25, 0.3) is 0 Å². The number of hydrogen-bond acceptors (Lipinski definition) is 3. The lowest BCUT2D eigenvalue weighted by Gasteiger charge is -2.16. The van der Waals surface area contributed by atoms with Gasteiger partial charge in [0.1, 0.15) is 0 Å². The van der Waals surface area contributed by atoms with Gasteiger partial charge in [-0.3, -0.25) is 9.58 Å². The van der Waals surface area contributed by atoms with Crippen molar-refractivity contribution in [3.8, 4) is 0 Å². The Labute approximate surface area is 110 Å². The minimum atomic E-state index is 0.687. The molecule has 1 atom stereocenters. The molecule has 0 aliphatic carbocycles. The summed E-state index contributed by atoms with van der Waals surface area (Å²) in [6.45, 7) is 8.99. The number of likely N-dealkylation sites (tertiary alicyclic amines) is 1. The molecular weight excluding hydrogens is 224 g/mol. The maximum Gasteiger partial charge on any atom is 0.0666 e. The molecule has 2 heterocycles. The van der Waals surface area contributed by atoms with Crippen molar-refractivity contribution in [3.63, 3.8) is 0 Å². The maximum atomic E-state index is 4.51. The summed E-state index contributed by atoms with van der Waals surface area (Å²) < 4.78 is 1.94. The fraction of sp³-hybridized carbons (Fsp3) is 0.786. The predicted molar refractivity (Wildman–Crippen MR) is 74.6 cm³/mol. The summed E-state index contributed by atoms with van der Waals surface area (Å²) in [4.78, 5) is 2.55. The van der Waals surface area contributed by atoms with Gasteiger partial charge in [0.25, 0.3) is 0 Å². The van der Waals surface area contributed by atoms with E-state index in [0.29, 0.717) is 6.04 Å². The molecule has 102 valence electrons. The fourth-order valence-corrected chi connectivity index (χ4v) is 2.75. The highest BCUT2D eigenvalue weighted by molar-refractivity contribution is 5.17. The highest BCUT2D eigenvalue weighted by atomic mass is 15.3. The molecular formula is C14H26N4. The van der Waals surface area contributed by atoms with Gasteiger partial charge < -0.3 is 5.32 Å². The number of aryl methyl sites for hydroxylation is 2. The summed E-state index contributed by atoms with van der Waals surface area (Å²) in [5, 5.41) is 8.13. The van der Waals surface area contributed by atoms with Crippen LogP contribution in [0.2, 0.25) is 0 Å². The van der Waals surface area contributed by atoms with E-state index in [9.17, 15) is 0 Å². The molecule has 1 aliphatic rings. The van der Waals surface area contributed by atoms with E-state index in [-0.39, 0.29) is 0 Å². The van der Waals surface area contributed by atoms with E-state index in [0.717, 1.165) is 19.5 Å². The van der Waals surface area contributed by atoms with Gasteiger partial charge in [0.15, 0.2) is 0 Å². The summed E-state index contributed by atoms with van der Waals surface area (Å²) in [6.07, 6.45) is 5.70. The van der Waals surface area contributed by atoms with Crippen LogP contribution in [0, 0.1) is 0 Å². The van der Waals surface area contributed by atoms with Crippen LogP contribution in [0.5, 0.6) is 0 Å². The van der Waals surface area contributed by atoms with Gasteiger partial charge in [-0.1, -0.05) is 13.8 Å². The summed E-state index contributed by atoms with van der Waals surface area (Å²) in [7, 11) is 2.01. The first-order valence-corrected chi connectivity index (χ1v) is 7.20. The molecule has 4 nitrogen and oxygen atoms in total. The van der Waals surface area contributed by atoms with E-state index in [1.165, 1.54) is 37.2 Å². The minimum absolute atomic E-state index is 0.687. The number of rotatable bonds is 6. The van der Waals surface area contributed by atoms with E-state index in [1.54, 1.807) is 0 Å². The molecule has 1 aromatic rings. The molecule has 0 spiro atoms. The lowest BCUT2D eigenvalue weighted by Crippen LogP contribution is -2.32. The molecule has 1 saturated heterocycles. The summed E-state index contributed by atoms with van der Waals surface area (Å²) >= 11 is 0. The first-order valence-electron chi connectivity index (χ1n) is 7.20. The Bertz CT molecular complexity index is 372. The quantitative estimate of drug-likeness (QED) is 0.831. The summed E-state index contributed by atoms with van der Waals surface area (Å²) in [6, 6.07) is 0.687. The number of nitrogens with zero attached hydrogens (tertiary/aromatic N) is 3. The average Bonchev–Trinajstić information content (AvgIpc) is 2.94. The minimum Gasteiger partial charge on any atom is -0.313 e. The molecule has 0 bridgehead atoms. The topological polar surface area (TPSA) is 33.1 Å². The fourth-order valence-electron chi connectivity index (χ4n) is 2.75. The average molecular weight is 250 g/mol. The Kier molecular flexibility index (Phi) is 4.78. The third kappa shape index (κ3) is 3.33. The lowest BCUT2D eigenvalue weighted by molar-refractivity contribution is 0.319. The maximum absolute atomic E-state index is 4.51. The molecule has 18 heavy (non-hydrogen) atoms. The van der Waals surface area contributed by atoms with Gasteiger partial charge in [0.05, 0.1) is 5.69 Å². The Morgan fingerprint density at radius 1 is 1.44 bits per heavy atom. The molecule has 1 aliphatic heterocycles. The van der Waals surface area contributed by atoms with Crippen molar-refractivity contribution in [2.24, 2.45) is 7.05 Å². The van der Waals surface area contributed by atoms with Crippen LogP contribution in [-0.2, 0) is 20.0 Å². The number of nitrogens with one attached hydrogen (secondary N) is 1. The molecule has 0 amide bonds. The molecule has 1 N–H and O–H groups in total. The van der Waals surface area contributed by atoms with Crippen LogP contribution in [-0.4, -0.2) is 40.4 Å². The van der Waals surface area contributed by atoms with Crippen LogP contribution in [0.1, 0.15) is 37.9 Å². The zero-order chi connectivity index (χ0) is 13.0. The van der Waals surface area contributed by atoms with Crippen molar-refractivity contribution in [2.45, 2.75) is 45.7 Å². The molecule has 1 aromatic heterocycles. The summed E-state index contributed by atoms with van der Waals surface area (Å²) in [5.74, 6) is 0. The van der Waals surface area contributed by atoms with Gasteiger partial charge in [-0.2, -0.15) is 5.10 Å². The van der Waals surface area contributed by atoms with Crippen molar-refractivity contribution < 1.29 is 0 Å². The van der Waals surface area contributed by atoms with Gasteiger partial charge in [0.2, 0.25) is 0 Å². The largest absolute Gasteiger partial charge is 0.313 e. The third-order valence-corrected chi connectivity index (χ3v) is 3.68. The van der Waals surface area contributed by atoms with Gasteiger partial charge >= 0.3 is 0 Å². The van der Waals surface area contributed by atoms with E-state index in [4.69, 9.17) is 0 Å². The van der Waals surface area contributed by atoms with Crippen LogP contribution in [0.3, 0.4) is 0 Å². The molecule has 0 aromatic carbocycles. The van der Waals surface area contributed by atoms with Crippen LogP contribution in [0.15, 0.2) is 6.20 Å². The lowest BCUT2D eigenvalue weighted by atomic mass is 10.2. The number of aromatic nitrogens is 2. The Morgan fingerprint density at radius 2 is 2.28 bits per heavy atom. The molecule has 1 fully saturated rings. The Balaban J connectivity index is 1.87. The predicted octanol–water partition coefficient (Wildman–Crippen LogP) is 1.56. The number of hydrogen-bond donors (Lipinski definition) is 1. The van der Waals surface area contributed by atoms with Crippen LogP contribution in [0.4, 0.5) is 0 Å². The zero-order valence-corrected chi connectivity index (χ0v) is 11.9. The summed E-state index contributed by atoms with van der Waals surface area (Å²) in [5.41, 5.74) is 2.65. The first kappa shape index (κ1) is 13.6. The van der Waals surface area contributed by atoms with Crippen molar-refractivity contribution in [2.75, 3.05) is 19.6 Å². The SMILES string of the molecule is CCCNC1CCN(Cc2cn(C)nc2CC)C1. The molecule has 1 unspecified atom stereocenters. The first-order chi connectivity index (χ1) is 8.72. The van der Waals surface area contributed by atoms with E-state index < -0.39 is 0 Å². The normalized spacial score (nSPS) is 20.7. The molecule has 0 radical (unpaired) electrons. The Morgan fingerprint density at radius 3 is 3.00 bits per heavy atom. The third-order valence-electron chi connectivity index (χ3n) is 3.68. The smallest absolute Gasteiger partial charge is 0.0666 e. The van der Waals surface area contributed by atoms with E-state index >= 15 is 0 Å². The monoisotopic (exact) mass is 250 g/mol. The Hall–Kier alpha value is -0.870. The molecule has 0 saturated carbocycles. The van der Waals surface area contributed by atoms with Gasteiger partial charge in [0, 0.05) is 44.5 Å². The van der Waals surface area contributed by atoms with Gasteiger partial charge in [-0.25, -0.2) is 0 Å². The van der Waals surface area contributed by atoms with Crippen molar-refractivity contribution >= 4 is 0 Å². The van der Waals surface area contributed by atoms with Crippen molar-refractivity contribution in [1.29, 1.82) is 0 Å². The highest BCUT2D eigenvalue weighted by Gasteiger charge is 2.22. The molecule has 4 heteroatoms. The van der Waals surface area contributed by atoms with Crippen molar-refractivity contribution in [1.82, 2.24) is 20.0 Å². The standard InChI is InChI=1S/C14H26N4/c1-4-7-15-13-6-8-18(11-13)10-12-9-17(3)16-14(12)5-2/h9,13,15H,4-8,10-11H2,1-3H3. The second-order valence-electron chi connectivity index (χ2n) is 5.30. The molecule has 2 rings (SSSR count).